The molecule has 0 aliphatic heterocycles. The van der Waals surface area contributed by atoms with E-state index in [0.717, 1.165) is 17.8 Å². The standard InChI is InChI=1S/C12H19N5O2S2/c1-2-5-13-10-11-3-4-12(20-11)21(18,19)15-7-9-17-8-6-14-16-17/h3-4,6,8,13,15H,2,5,7,9-10H2,1H3. The van der Waals surface area contributed by atoms with Gasteiger partial charge in [0.1, 0.15) is 4.21 Å². The molecule has 2 N–H and O–H groups in total. The molecule has 2 aromatic heterocycles. The molecule has 0 fully saturated rings. The maximum atomic E-state index is 12.1. The minimum Gasteiger partial charge on any atom is -0.312 e. The summed E-state index contributed by atoms with van der Waals surface area (Å²) in [6, 6.07) is 3.49. The van der Waals surface area contributed by atoms with Crippen LogP contribution in [0.4, 0.5) is 0 Å². The zero-order valence-electron chi connectivity index (χ0n) is 11.8. The Bertz CT molecular complexity index is 636. The average Bonchev–Trinajstić information content (AvgIpc) is 3.10. The van der Waals surface area contributed by atoms with Crippen LogP contribution in [0, 0.1) is 0 Å². The molecule has 0 radical (unpaired) electrons. The number of thiophene rings is 1. The molecule has 116 valence electrons. The van der Waals surface area contributed by atoms with Crippen LogP contribution in [0.25, 0.3) is 0 Å². The fourth-order valence-electron chi connectivity index (χ4n) is 1.70. The first-order chi connectivity index (χ1) is 10.1. The second kappa shape index (κ2) is 7.64. The highest BCUT2D eigenvalue weighted by Gasteiger charge is 2.16. The van der Waals surface area contributed by atoms with E-state index in [4.69, 9.17) is 0 Å². The highest BCUT2D eigenvalue weighted by atomic mass is 32.2. The van der Waals surface area contributed by atoms with Gasteiger partial charge in [-0.25, -0.2) is 13.1 Å². The largest absolute Gasteiger partial charge is 0.312 e. The number of nitrogens with zero attached hydrogens (tertiary/aromatic N) is 3. The summed E-state index contributed by atoms with van der Waals surface area (Å²) in [5, 5.41) is 10.7. The summed E-state index contributed by atoms with van der Waals surface area (Å²) in [6.45, 7) is 4.46. The molecule has 0 unspecified atom stereocenters. The lowest BCUT2D eigenvalue weighted by molar-refractivity contribution is 0.554. The topological polar surface area (TPSA) is 88.9 Å². The molecule has 9 heteroatoms. The van der Waals surface area contributed by atoms with Crippen LogP contribution in [-0.2, 0) is 23.1 Å². The molecule has 0 aliphatic rings. The highest BCUT2D eigenvalue weighted by Crippen LogP contribution is 2.21. The van der Waals surface area contributed by atoms with Crippen molar-refractivity contribution in [2.75, 3.05) is 13.1 Å². The quantitative estimate of drug-likeness (QED) is 0.665. The molecule has 0 bridgehead atoms. The summed E-state index contributed by atoms with van der Waals surface area (Å²) < 4.78 is 28.8. The Hall–Kier alpha value is -1.29. The zero-order valence-corrected chi connectivity index (χ0v) is 13.5. The van der Waals surface area contributed by atoms with E-state index in [0.29, 0.717) is 17.3 Å². The molecular weight excluding hydrogens is 310 g/mol. The average molecular weight is 329 g/mol. The predicted octanol–water partition coefficient (Wildman–Crippen LogP) is 0.818. The highest BCUT2D eigenvalue weighted by molar-refractivity contribution is 7.91. The Kier molecular flexibility index (Phi) is 5.85. The van der Waals surface area contributed by atoms with Crippen molar-refractivity contribution in [2.24, 2.45) is 0 Å². The van der Waals surface area contributed by atoms with E-state index in [1.165, 1.54) is 11.3 Å². The van der Waals surface area contributed by atoms with Gasteiger partial charge in [-0.15, -0.1) is 16.4 Å². The third-order valence-corrected chi connectivity index (χ3v) is 5.77. The van der Waals surface area contributed by atoms with Crippen LogP contribution in [-0.4, -0.2) is 36.5 Å². The van der Waals surface area contributed by atoms with Crippen LogP contribution in [0.15, 0.2) is 28.7 Å². The van der Waals surface area contributed by atoms with Crippen LogP contribution < -0.4 is 10.0 Å². The molecule has 0 saturated carbocycles. The van der Waals surface area contributed by atoms with Gasteiger partial charge in [0.2, 0.25) is 10.0 Å². The zero-order chi connectivity index (χ0) is 15.1. The first-order valence-corrected chi connectivity index (χ1v) is 9.05. The van der Waals surface area contributed by atoms with E-state index in [9.17, 15) is 8.42 Å². The van der Waals surface area contributed by atoms with Gasteiger partial charge in [-0.05, 0) is 25.1 Å². The number of hydrogen-bond donors (Lipinski definition) is 2. The molecule has 7 nitrogen and oxygen atoms in total. The Labute approximate surface area is 128 Å². The lowest BCUT2D eigenvalue weighted by Crippen LogP contribution is -2.27. The van der Waals surface area contributed by atoms with Crippen molar-refractivity contribution in [3.05, 3.63) is 29.4 Å². The monoisotopic (exact) mass is 329 g/mol. The Morgan fingerprint density at radius 1 is 1.33 bits per heavy atom. The van der Waals surface area contributed by atoms with E-state index in [1.54, 1.807) is 23.1 Å². The van der Waals surface area contributed by atoms with Crippen molar-refractivity contribution in [2.45, 2.75) is 30.6 Å². The van der Waals surface area contributed by atoms with Crippen molar-refractivity contribution in [3.63, 3.8) is 0 Å². The van der Waals surface area contributed by atoms with E-state index in [2.05, 4.69) is 27.3 Å². The maximum absolute atomic E-state index is 12.1. The second-order valence-corrected chi connectivity index (χ2v) is 7.62. The first kappa shape index (κ1) is 16.1. The molecule has 21 heavy (non-hydrogen) atoms. The summed E-state index contributed by atoms with van der Waals surface area (Å²) in [6.07, 6.45) is 4.31. The lowest BCUT2D eigenvalue weighted by atomic mass is 10.4. The minimum absolute atomic E-state index is 0.285. The molecule has 0 amide bonds. The second-order valence-electron chi connectivity index (χ2n) is 4.46. The van der Waals surface area contributed by atoms with Crippen LogP contribution in [0.1, 0.15) is 18.2 Å². The van der Waals surface area contributed by atoms with Crippen LogP contribution in [0.5, 0.6) is 0 Å². The normalized spacial score (nSPS) is 11.9. The van der Waals surface area contributed by atoms with Crippen LogP contribution in [0.2, 0.25) is 0 Å². The number of sulfonamides is 1. The van der Waals surface area contributed by atoms with E-state index in [1.807, 2.05) is 6.07 Å². The number of rotatable bonds is 9. The Morgan fingerprint density at radius 3 is 2.90 bits per heavy atom. The summed E-state index contributed by atoms with van der Waals surface area (Å²) in [5.74, 6) is 0. The number of hydrogen-bond acceptors (Lipinski definition) is 6. The predicted molar refractivity (Wildman–Crippen MR) is 81.5 cm³/mol. The first-order valence-electron chi connectivity index (χ1n) is 6.75. The van der Waals surface area contributed by atoms with Gasteiger partial charge in [-0.3, -0.25) is 4.68 Å². The van der Waals surface area contributed by atoms with Crippen molar-refractivity contribution < 1.29 is 8.42 Å². The van der Waals surface area contributed by atoms with Crippen LogP contribution >= 0.6 is 11.3 Å². The van der Waals surface area contributed by atoms with Crippen molar-refractivity contribution in [3.8, 4) is 0 Å². The van der Waals surface area contributed by atoms with Crippen LogP contribution in [0.3, 0.4) is 0 Å². The summed E-state index contributed by atoms with van der Waals surface area (Å²) >= 11 is 1.29. The molecule has 0 spiro atoms. The summed E-state index contributed by atoms with van der Waals surface area (Å²) in [5.41, 5.74) is 0. The molecule has 2 rings (SSSR count). The van der Waals surface area contributed by atoms with Gasteiger partial charge in [0.05, 0.1) is 12.7 Å². The molecule has 0 aromatic carbocycles. The van der Waals surface area contributed by atoms with E-state index in [-0.39, 0.29) is 6.54 Å². The fourth-order valence-corrected chi connectivity index (χ4v) is 4.09. The molecule has 0 saturated heterocycles. The van der Waals surface area contributed by atoms with Gasteiger partial charge >= 0.3 is 0 Å². The SMILES string of the molecule is CCCNCc1ccc(S(=O)(=O)NCCn2ccnn2)s1. The smallest absolute Gasteiger partial charge is 0.250 e. The van der Waals surface area contributed by atoms with Crippen molar-refractivity contribution in [1.82, 2.24) is 25.0 Å². The molecule has 0 aliphatic carbocycles. The van der Waals surface area contributed by atoms with Crippen molar-refractivity contribution in [1.29, 1.82) is 0 Å². The molecule has 0 atom stereocenters. The lowest BCUT2D eigenvalue weighted by Gasteiger charge is -2.04. The van der Waals surface area contributed by atoms with Gasteiger partial charge in [-0.2, -0.15) is 0 Å². The molecule has 2 heterocycles. The minimum atomic E-state index is -3.44. The van der Waals surface area contributed by atoms with Crippen molar-refractivity contribution >= 4 is 21.4 Å². The maximum Gasteiger partial charge on any atom is 0.250 e. The van der Waals surface area contributed by atoms with Gasteiger partial charge in [-0.1, -0.05) is 12.1 Å². The third-order valence-electron chi connectivity index (χ3n) is 2.73. The van der Waals surface area contributed by atoms with E-state index >= 15 is 0 Å². The van der Waals surface area contributed by atoms with E-state index < -0.39 is 10.0 Å². The number of aromatic nitrogens is 3. The van der Waals surface area contributed by atoms with Gasteiger partial charge in [0.25, 0.3) is 0 Å². The summed E-state index contributed by atoms with van der Waals surface area (Å²) in [7, 11) is -3.44. The summed E-state index contributed by atoms with van der Waals surface area (Å²) in [4.78, 5) is 1.01. The molecule has 2 aromatic rings. The molecular formula is C12H19N5O2S2. The Morgan fingerprint density at radius 2 is 2.19 bits per heavy atom. The fraction of sp³-hybridized carbons (Fsp3) is 0.500. The van der Waals surface area contributed by atoms with Gasteiger partial charge in [0, 0.05) is 24.2 Å². The van der Waals surface area contributed by atoms with Gasteiger partial charge < -0.3 is 5.32 Å². The number of nitrogens with one attached hydrogen (secondary N) is 2. The third kappa shape index (κ3) is 4.88. The Balaban J connectivity index is 1.86. The van der Waals surface area contributed by atoms with Gasteiger partial charge in [0.15, 0.2) is 0 Å².